The van der Waals surface area contributed by atoms with E-state index in [4.69, 9.17) is 4.74 Å². The third-order valence-electron chi connectivity index (χ3n) is 5.92. The molecule has 8 heteroatoms. The number of rotatable bonds is 9. The molecular weight excluding hydrogens is 358 g/mol. The maximum absolute atomic E-state index is 12.0. The van der Waals surface area contributed by atoms with Crippen molar-refractivity contribution in [2.24, 2.45) is 11.8 Å². The maximum atomic E-state index is 12.0. The number of likely N-dealkylation sites (N-methyl/N-ethyl adjacent to an activating group) is 1. The zero-order valence-electron chi connectivity index (χ0n) is 16.8. The van der Waals surface area contributed by atoms with Gasteiger partial charge in [-0.1, -0.05) is 0 Å². The second-order valence-corrected chi connectivity index (χ2v) is 8.72. The molecule has 4 rings (SSSR count). The Kier molecular flexibility index (Phi) is 5.68. The summed E-state index contributed by atoms with van der Waals surface area (Å²) in [6.07, 6.45) is 9.25. The van der Waals surface area contributed by atoms with Gasteiger partial charge in [0.05, 0.1) is 24.5 Å². The minimum absolute atomic E-state index is 0.00795. The highest BCUT2D eigenvalue weighted by atomic mass is 16.5. The lowest BCUT2D eigenvalue weighted by molar-refractivity contribution is -0.134. The molecule has 154 valence electrons. The lowest BCUT2D eigenvalue weighted by Crippen LogP contribution is -2.36. The standard InChI is InChI=1S/C20H31N5O3/c1-23(2)19(26)13-28-12-18-7-17(11-24(18)9-14-3-4-14)25-10-16(8-21-25)22-20(27)15-5-6-15/h8,10,14-15,17-18H,3-7,9,11-13H2,1-2H3,(H,22,27)/t17-,18-/m0/s1. The Bertz CT molecular complexity index is 710. The van der Waals surface area contributed by atoms with E-state index in [1.54, 1.807) is 25.2 Å². The van der Waals surface area contributed by atoms with Gasteiger partial charge >= 0.3 is 0 Å². The summed E-state index contributed by atoms with van der Waals surface area (Å²) in [5.41, 5.74) is 0.780. The van der Waals surface area contributed by atoms with E-state index in [1.165, 1.54) is 12.8 Å². The summed E-state index contributed by atoms with van der Waals surface area (Å²) >= 11 is 0. The number of anilines is 1. The van der Waals surface area contributed by atoms with Crippen LogP contribution in [0.25, 0.3) is 0 Å². The van der Waals surface area contributed by atoms with E-state index in [1.807, 2.05) is 10.9 Å². The minimum Gasteiger partial charge on any atom is -0.370 e. The van der Waals surface area contributed by atoms with Gasteiger partial charge in [-0.05, 0) is 38.0 Å². The molecule has 2 amide bonds. The van der Waals surface area contributed by atoms with Crippen LogP contribution in [0.2, 0.25) is 0 Å². The summed E-state index contributed by atoms with van der Waals surface area (Å²) in [7, 11) is 3.49. The molecule has 28 heavy (non-hydrogen) atoms. The van der Waals surface area contributed by atoms with Gasteiger partial charge < -0.3 is 15.0 Å². The van der Waals surface area contributed by atoms with Gasteiger partial charge in [-0.2, -0.15) is 5.10 Å². The topological polar surface area (TPSA) is 79.7 Å². The van der Waals surface area contributed by atoms with Gasteiger partial charge in [-0.15, -0.1) is 0 Å². The number of nitrogens with zero attached hydrogens (tertiary/aromatic N) is 4. The molecule has 1 saturated heterocycles. The van der Waals surface area contributed by atoms with E-state index in [2.05, 4.69) is 15.3 Å². The molecule has 2 aliphatic carbocycles. The molecule has 1 aliphatic heterocycles. The molecule has 0 unspecified atom stereocenters. The molecule has 0 aromatic carbocycles. The normalized spacial score (nSPS) is 25.1. The first-order valence-corrected chi connectivity index (χ1v) is 10.4. The highest BCUT2D eigenvalue weighted by Gasteiger charge is 2.37. The van der Waals surface area contributed by atoms with Crippen LogP contribution < -0.4 is 5.32 Å². The molecule has 3 fully saturated rings. The zero-order valence-corrected chi connectivity index (χ0v) is 16.8. The fraction of sp³-hybridized carbons (Fsp3) is 0.750. The van der Waals surface area contributed by atoms with Crippen molar-refractivity contribution in [3.8, 4) is 0 Å². The molecule has 2 saturated carbocycles. The van der Waals surface area contributed by atoms with E-state index in [0.717, 1.165) is 44.0 Å². The number of nitrogens with one attached hydrogen (secondary N) is 1. The Labute approximate surface area is 166 Å². The van der Waals surface area contributed by atoms with Crippen molar-refractivity contribution in [2.45, 2.75) is 44.2 Å². The van der Waals surface area contributed by atoms with Gasteiger partial charge in [0.1, 0.15) is 6.61 Å². The SMILES string of the molecule is CN(C)C(=O)COC[C@@H]1C[C@H](n2cc(NC(=O)C3CC3)cn2)CN1CC1CC1. The minimum atomic E-state index is -0.00795. The number of carbonyl (C=O) groups is 2. The third kappa shape index (κ3) is 4.91. The Morgan fingerprint density at radius 1 is 1.29 bits per heavy atom. The van der Waals surface area contributed by atoms with Crippen molar-refractivity contribution >= 4 is 17.5 Å². The van der Waals surface area contributed by atoms with Crippen LogP contribution in [0.3, 0.4) is 0 Å². The van der Waals surface area contributed by atoms with Crippen molar-refractivity contribution < 1.29 is 14.3 Å². The monoisotopic (exact) mass is 389 g/mol. The summed E-state index contributed by atoms with van der Waals surface area (Å²) < 4.78 is 7.71. The fourth-order valence-electron chi connectivity index (χ4n) is 3.78. The zero-order chi connectivity index (χ0) is 19.7. The first-order valence-electron chi connectivity index (χ1n) is 10.4. The van der Waals surface area contributed by atoms with E-state index >= 15 is 0 Å². The molecule has 1 N–H and O–H groups in total. The van der Waals surface area contributed by atoms with E-state index in [9.17, 15) is 9.59 Å². The molecule has 0 bridgehead atoms. The molecule has 0 spiro atoms. The molecule has 3 aliphatic rings. The summed E-state index contributed by atoms with van der Waals surface area (Å²) in [4.78, 5) is 27.8. The van der Waals surface area contributed by atoms with Crippen LogP contribution in [0.1, 0.15) is 38.1 Å². The van der Waals surface area contributed by atoms with Crippen LogP contribution in [0.4, 0.5) is 5.69 Å². The first kappa shape index (κ1) is 19.4. The average molecular weight is 390 g/mol. The molecule has 2 atom stereocenters. The largest absolute Gasteiger partial charge is 0.370 e. The molecule has 2 heterocycles. The lowest BCUT2D eigenvalue weighted by Gasteiger charge is -2.24. The number of carbonyl (C=O) groups excluding carboxylic acids is 2. The molecule has 1 aromatic rings. The summed E-state index contributed by atoms with van der Waals surface area (Å²) in [5, 5.41) is 7.47. The predicted octanol–water partition coefficient (Wildman–Crippen LogP) is 1.36. The van der Waals surface area contributed by atoms with Gasteiger partial charge in [-0.3, -0.25) is 19.2 Å². The highest BCUT2D eigenvalue weighted by Crippen LogP contribution is 2.35. The van der Waals surface area contributed by atoms with Crippen molar-refractivity contribution in [3.63, 3.8) is 0 Å². The van der Waals surface area contributed by atoms with Gasteiger partial charge in [0.15, 0.2) is 0 Å². The Morgan fingerprint density at radius 3 is 2.75 bits per heavy atom. The first-order chi connectivity index (χ1) is 13.5. The number of likely N-dealkylation sites (tertiary alicyclic amines) is 1. The van der Waals surface area contributed by atoms with Crippen LogP contribution in [0.5, 0.6) is 0 Å². The van der Waals surface area contributed by atoms with E-state index in [-0.39, 0.29) is 30.4 Å². The number of amides is 2. The molecular formula is C20H31N5O3. The summed E-state index contributed by atoms with van der Waals surface area (Å²) in [5.74, 6) is 1.09. The maximum Gasteiger partial charge on any atom is 0.248 e. The van der Waals surface area contributed by atoms with Gasteiger partial charge in [0.2, 0.25) is 11.8 Å². The van der Waals surface area contributed by atoms with Crippen molar-refractivity contribution in [2.75, 3.05) is 45.7 Å². The van der Waals surface area contributed by atoms with Crippen LogP contribution in [-0.4, -0.2) is 77.8 Å². The number of aromatic nitrogens is 2. The Morgan fingerprint density at radius 2 is 2.07 bits per heavy atom. The van der Waals surface area contributed by atoms with E-state index < -0.39 is 0 Å². The van der Waals surface area contributed by atoms with Gasteiger partial charge in [0, 0.05) is 45.3 Å². The predicted molar refractivity (Wildman–Crippen MR) is 105 cm³/mol. The highest BCUT2D eigenvalue weighted by molar-refractivity contribution is 5.93. The number of hydrogen-bond donors (Lipinski definition) is 1. The van der Waals surface area contributed by atoms with Crippen molar-refractivity contribution in [3.05, 3.63) is 12.4 Å². The Balaban J connectivity index is 1.33. The summed E-state index contributed by atoms with van der Waals surface area (Å²) in [6.45, 7) is 2.72. The smallest absolute Gasteiger partial charge is 0.248 e. The lowest BCUT2D eigenvalue weighted by atomic mass is 10.2. The second-order valence-electron chi connectivity index (χ2n) is 8.72. The molecule has 1 aromatic heterocycles. The van der Waals surface area contributed by atoms with E-state index in [0.29, 0.717) is 12.6 Å². The van der Waals surface area contributed by atoms with Crippen LogP contribution >= 0.6 is 0 Å². The molecule has 8 nitrogen and oxygen atoms in total. The van der Waals surface area contributed by atoms with Gasteiger partial charge in [0.25, 0.3) is 0 Å². The quantitative estimate of drug-likeness (QED) is 0.690. The van der Waals surface area contributed by atoms with Crippen molar-refractivity contribution in [1.29, 1.82) is 0 Å². The summed E-state index contributed by atoms with van der Waals surface area (Å²) in [6, 6.07) is 0.567. The van der Waals surface area contributed by atoms with Crippen LogP contribution in [0, 0.1) is 11.8 Å². The van der Waals surface area contributed by atoms with Crippen LogP contribution in [0.15, 0.2) is 12.4 Å². The number of hydrogen-bond acceptors (Lipinski definition) is 5. The van der Waals surface area contributed by atoms with Gasteiger partial charge in [-0.25, -0.2) is 0 Å². The van der Waals surface area contributed by atoms with Crippen molar-refractivity contribution in [1.82, 2.24) is 19.6 Å². The number of ether oxygens (including phenoxy) is 1. The third-order valence-corrected chi connectivity index (χ3v) is 5.92. The fourth-order valence-corrected chi connectivity index (χ4v) is 3.78. The molecule has 0 radical (unpaired) electrons. The Hall–Kier alpha value is -1.93. The second kappa shape index (κ2) is 8.21. The average Bonchev–Trinajstić information content (AvgIpc) is 3.57. The van der Waals surface area contributed by atoms with Crippen LogP contribution in [-0.2, 0) is 14.3 Å².